The first-order valence-electron chi connectivity index (χ1n) is 13.9. The zero-order valence-electron chi connectivity index (χ0n) is 25.1. The average molecular weight is 511 g/mol. The summed E-state index contributed by atoms with van der Waals surface area (Å²) >= 11 is 0. The van der Waals surface area contributed by atoms with Gasteiger partial charge < -0.3 is 24.3 Å². The largest absolute Gasteiger partial charge is 0.444 e. The summed E-state index contributed by atoms with van der Waals surface area (Å²) in [5.41, 5.74) is 0. The summed E-state index contributed by atoms with van der Waals surface area (Å²) in [6.07, 6.45) is 0.970. The summed E-state index contributed by atoms with van der Waals surface area (Å²) < 4.78 is 5.18. The number of rotatable bonds is 6. The number of carbonyl (C=O) groups is 3. The maximum absolute atomic E-state index is 11.7. The van der Waals surface area contributed by atoms with E-state index < -0.39 is 0 Å². The fourth-order valence-electron chi connectivity index (χ4n) is 4.66. The van der Waals surface area contributed by atoms with Crippen molar-refractivity contribution in [2.75, 3.05) is 26.2 Å². The fourth-order valence-corrected chi connectivity index (χ4v) is 4.66. The Bertz CT molecular complexity index is 634. The van der Waals surface area contributed by atoms with E-state index in [1.807, 2.05) is 28.5 Å². The SMILES string of the molecule is CC(C)C1CCN(C(C)C)C1=O.CC(C)C1CN(C(C)C)C(=O)O1.CC(C)N1CCN(C(C)C)C1=O. The highest BCUT2D eigenvalue weighted by Crippen LogP contribution is 2.26. The van der Waals surface area contributed by atoms with E-state index in [2.05, 4.69) is 69.2 Å². The van der Waals surface area contributed by atoms with Gasteiger partial charge in [0.05, 0.1) is 6.54 Å². The van der Waals surface area contributed by atoms with Crippen molar-refractivity contribution in [3.63, 3.8) is 0 Å². The number of ether oxygens (including phenoxy) is 1. The topological polar surface area (TPSA) is 73.4 Å². The first-order chi connectivity index (χ1) is 16.6. The molecule has 0 aliphatic carbocycles. The smallest absolute Gasteiger partial charge is 0.410 e. The second-order valence-corrected chi connectivity index (χ2v) is 12.0. The maximum atomic E-state index is 11.7. The lowest BCUT2D eigenvalue weighted by Gasteiger charge is -2.23. The normalized spacial score (nSPS) is 22.4. The van der Waals surface area contributed by atoms with Crippen molar-refractivity contribution in [1.29, 1.82) is 0 Å². The average Bonchev–Trinajstić information content (AvgIpc) is 3.45. The number of hydrogen-bond donors (Lipinski definition) is 0. The Hall–Kier alpha value is -1.99. The van der Waals surface area contributed by atoms with Gasteiger partial charge in [0.15, 0.2) is 0 Å². The minimum atomic E-state index is -0.163. The number of cyclic esters (lactones) is 1. The Balaban J connectivity index is 0.000000270. The summed E-state index contributed by atoms with van der Waals surface area (Å²) in [7, 11) is 0. The molecule has 0 bridgehead atoms. The van der Waals surface area contributed by atoms with Gasteiger partial charge in [-0.2, -0.15) is 0 Å². The minimum absolute atomic E-state index is 0.0832. The van der Waals surface area contributed by atoms with Crippen LogP contribution in [-0.4, -0.2) is 94.1 Å². The van der Waals surface area contributed by atoms with Gasteiger partial charge in [0.2, 0.25) is 5.91 Å². The summed E-state index contributed by atoms with van der Waals surface area (Å²) in [6, 6.07) is 1.49. The molecule has 4 amide bonds. The van der Waals surface area contributed by atoms with Crippen molar-refractivity contribution in [2.24, 2.45) is 17.8 Å². The highest BCUT2D eigenvalue weighted by Gasteiger charge is 2.35. The molecule has 3 saturated heterocycles. The molecule has 3 aliphatic heterocycles. The molecule has 0 aromatic carbocycles. The predicted octanol–water partition coefficient (Wildman–Crippen LogP) is 5.31. The fraction of sp³-hybridized carbons (Fsp3) is 0.893. The third kappa shape index (κ3) is 8.55. The Morgan fingerprint density at radius 3 is 1.28 bits per heavy atom. The van der Waals surface area contributed by atoms with Crippen LogP contribution < -0.4 is 0 Å². The summed E-state index contributed by atoms with van der Waals surface area (Å²) in [5.74, 6) is 1.56. The third-order valence-electron chi connectivity index (χ3n) is 7.26. The van der Waals surface area contributed by atoms with Gasteiger partial charge in [0.25, 0.3) is 0 Å². The summed E-state index contributed by atoms with van der Waals surface area (Å²) in [5, 5.41) is 0. The minimum Gasteiger partial charge on any atom is -0.444 e. The molecule has 36 heavy (non-hydrogen) atoms. The zero-order chi connectivity index (χ0) is 27.9. The van der Waals surface area contributed by atoms with E-state index in [0.29, 0.717) is 35.9 Å². The van der Waals surface area contributed by atoms with Crippen LogP contribution in [0.3, 0.4) is 0 Å². The van der Waals surface area contributed by atoms with E-state index in [9.17, 15) is 14.4 Å². The van der Waals surface area contributed by atoms with Crippen LogP contribution in [0.5, 0.6) is 0 Å². The van der Waals surface area contributed by atoms with Crippen LogP contribution in [-0.2, 0) is 9.53 Å². The van der Waals surface area contributed by atoms with Gasteiger partial charge in [-0.3, -0.25) is 4.79 Å². The van der Waals surface area contributed by atoms with Crippen LogP contribution in [0, 0.1) is 17.8 Å². The molecule has 2 atom stereocenters. The molecule has 0 saturated carbocycles. The third-order valence-corrected chi connectivity index (χ3v) is 7.26. The van der Waals surface area contributed by atoms with Crippen LogP contribution in [0.1, 0.15) is 89.5 Å². The van der Waals surface area contributed by atoms with E-state index >= 15 is 0 Å². The Morgan fingerprint density at radius 1 is 0.611 bits per heavy atom. The van der Waals surface area contributed by atoms with Crippen LogP contribution in [0.25, 0.3) is 0 Å². The number of urea groups is 1. The molecule has 8 nitrogen and oxygen atoms in total. The molecule has 2 unspecified atom stereocenters. The highest BCUT2D eigenvalue weighted by atomic mass is 16.6. The molecule has 3 aliphatic rings. The van der Waals surface area contributed by atoms with Crippen molar-refractivity contribution >= 4 is 18.0 Å². The van der Waals surface area contributed by atoms with E-state index in [0.717, 1.165) is 32.6 Å². The van der Waals surface area contributed by atoms with E-state index in [1.54, 1.807) is 4.90 Å². The molecule has 0 spiro atoms. The number of amides is 4. The predicted molar refractivity (Wildman–Crippen MR) is 146 cm³/mol. The monoisotopic (exact) mass is 510 g/mol. The van der Waals surface area contributed by atoms with Crippen LogP contribution in [0.2, 0.25) is 0 Å². The second kappa shape index (κ2) is 14.1. The molecule has 3 heterocycles. The molecule has 3 fully saturated rings. The standard InChI is InChI=1S/C10H19NO.C9H18N2O.C9H17NO2/c1-7(2)9-5-6-11(8(3)4)10(9)12;1-7(2)10-5-6-11(8(3)4)9(10)12;1-6(2)8-5-10(7(3)4)9(11)12-8/h7-9H,5-6H2,1-4H3;7-8H,5-6H2,1-4H3;6-8H,5H2,1-4H3. The lowest BCUT2D eigenvalue weighted by atomic mass is 9.95. The molecular weight excluding hydrogens is 456 g/mol. The zero-order valence-corrected chi connectivity index (χ0v) is 25.1. The Morgan fingerprint density at radius 2 is 1.06 bits per heavy atom. The first-order valence-corrected chi connectivity index (χ1v) is 13.9. The van der Waals surface area contributed by atoms with Gasteiger partial charge in [0, 0.05) is 49.7 Å². The van der Waals surface area contributed by atoms with Gasteiger partial charge in [-0.25, -0.2) is 9.59 Å². The van der Waals surface area contributed by atoms with Gasteiger partial charge in [-0.15, -0.1) is 0 Å². The summed E-state index contributed by atoms with van der Waals surface area (Å²) in [6.45, 7) is 28.3. The van der Waals surface area contributed by atoms with Gasteiger partial charge in [-0.1, -0.05) is 27.7 Å². The van der Waals surface area contributed by atoms with E-state index in [4.69, 9.17) is 4.74 Å². The Labute approximate surface area is 220 Å². The second-order valence-electron chi connectivity index (χ2n) is 12.0. The molecule has 210 valence electrons. The van der Waals surface area contributed by atoms with Crippen molar-refractivity contribution in [2.45, 2.75) is 120 Å². The molecule has 0 N–H and O–H groups in total. The van der Waals surface area contributed by atoms with Crippen molar-refractivity contribution < 1.29 is 19.1 Å². The molecular formula is C28H54N4O4. The van der Waals surface area contributed by atoms with Crippen LogP contribution in [0.15, 0.2) is 0 Å². The highest BCUT2D eigenvalue weighted by molar-refractivity contribution is 5.81. The number of carbonyl (C=O) groups excluding carboxylic acids is 3. The molecule has 0 aromatic rings. The number of hydrogen-bond acceptors (Lipinski definition) is 4. The van der Waals surface area contributed by atoms with Gasteiger partial charge >= 0.3 is 12.1 Å². The van der Waals surface area contributed by atoms with Crippen molar-refractivity contribution in [1.82, 2.24) is 19.6 Å². The van der Waals surface area contributed by atoms with Crippen molar-refractivity contribution in [3.05, 3.63) is 0 Å². The maximum Gasteiger partial charge on any atom is 0.410 e. The van der Waals surface area contributed by atoms with E-state index in [1.165, 1.54) is 0 Å². The molecule has 0 radical (unpaired) electrons. The Kier molecular flexibility index (Phi) is 12.5. The number of likely N-dealkylation sites (tertiary alicyclic amines) is 1. The number of nitrogens with zero attached hydrogens (tertiary/aromatic N) is 4. The van der Waals surface area contributed by atoms with Crippen molar-refractivity contribution in [3.8, 4) is 0 Å². The molecule has 8 heteroatoms. The first kappa shape index (κ1) is 32.0. The van der Waals surface area contributed by atoms with Crippen LogP contribution in [0.4, 0.5) is 9.59 Å². The molecule has 3 rings (SSSR count). The van der Waals surface area contributed by atoms with Crippen LogP contribution >= 0.6 is 0 Å². The quantitative estimate of drug-likeness (QED) is 0.485. The van der Waals surface area contributed by atoms with Gasteiger partial charge in [0.1, 0.15) is 6.10 Å². The molecule has 0 aromatic heterocycles. The summed E-state index contributed by atoms with van der Waals surface area (Å²) in [4.78, 5) is 42.2. The lowest BCUT2D eigenvalue weighted by Crippen LogP contribution is -2.39. The lowest BCUT2D eigenvalue weighted by molar-refractivity contribution is -0.133. The van der Waals surface area contributed by atoms with Gasteiger partial charge in [-0.05, 0) is 73.6 Å². The van der Waals surface area contributed by atoms with E-state index in [-0.39, 0.29) is 30.2 Å².